The zero-order valence-electron chi connectivity index (χ0n) is 12.6. The second-order valence-corrected chi connectivity index (χ2v) is 5.88. The lowest BCUT2D eigenvalue weighted by Gasteiger charge is -2.06. The molecule has 2 aromatic heterocycles. The van der Waals surface area contributed by atoms with Crippen LogP contribution in [0.15, 0.2) is 47.2 Å². The van der Waals surface area contributed by atoms with Crippen molar-refractivity contribution in [2.45, 2.75) is 6.92 Å². The summed E-state index contributed by atoms with van der Waals surface area (Å²) in [6, 6.07) is 7.19. The van der Waals surface area contributed by atoms with Crippen LogP contribution in [0.4, 0.5) is 4.39 Å². The Morgan fingerprint density at radius 3 is 2.79 bits per heavy atom. The van der Waals surface area contributed by atoms with Gasteiger partial charge in [-0.2, -0.15) is 0 Å². The highest BCUT2D eigenvalue weighted by molar-refractivity contribution is 9.10. The number of ether oxygens (including phenoxy) is 1. The molecule has 3 rings (SSSR count). The zero-order chi connectivity index (χ0) is 17.3. The minimum atomic E-state index is -0.782. The smallest absolute Gasteiger partial charge is 0.338 e. The fraction of sp³-hybridized carbons (Fsp3) is 0.118. The van der Waals surface area contributed by atoms with Crippen LogP contribution < -0.4 is 0 Å². The third-order valence-electron chi connectivity index (χ3n) is 3.43. The average Bonchev–Trinajstić information content (AvgIpc) is 2.97. The number of esters is 1. The van der Waals surface area contributed by atoms with E-state index >= 15 is 0 Å². The Balaban J connectivity index is 2.00. The number of nitrogens with zero attached hydrogens (tertiary/aromatic N) is 2. The summed E-state index contributed by atoms with van der Waals surface area (Å²) < 4.78 is 21.5. The molecule has 0 unspecified atom stereocenters. The second kappa shape index (κ2) is 6.52. The van der Waals surface area contributed by atoms with E-state index in [1.165, 1.54) is 18.3 Å². The van der Waals surface area contributed by atoms with Gasteiger partial charge in [0.1, 0.15) is 17.2 Å². The van der Waals surface area contributed by atoms with Crippen molar-refractivity contribution >= 4 is 33.3 Å². The summed E-state index contributed by atoms with van der Waals surface area (Å²) >= 11 is 3.33. The Kier molecular flexibility index (Phi) is 4.44. The lowest BCUT2D eigenvalue weighted by atomic mass is 10.1. The van der Waals surface area contributed by atoms with E-state index in [0.29, 0.717) is 5.65 Å². The highest BCUT2D eigenvalue weighted by Crippen LogP contribution is 2.19. The van der Waals surface area contributed by atoms with Crippen molar-refractivity contribution in [2.24, 2.45) is 0 Å². The Bertz CT molecular complexity index is 952. The van der Waals surface area contributed by atoms with Crippen LogP contribution in [0.25, 0.3) is 5.65 Å². The predicted molar refractivity (Wildman–Crippen MR) is 88.7 cm³/mol. The van der Waals surface area contributed by atoms with Crippen LogP contribution in [0.1, 0.15) is 33.3 Å². The lowest BCUT2D eigenvalue weighted by Crippen LogP contribution is -2.10. The van der Waals surface area contributed by atoms with E-state index in [1.807, 2.05) is 0 Å². The standard InChI is InChI=1S/C17H12BrFN2O3/c1-2-24-17(23)10-3-5-12(13(19)7-10)16(22)14-8-20-15-6-4-11(18)9-21(14)15/h3-9H,2H2,1H3. The van der Waals surface area contributed by atoms with Crippen LogP contribution in [-0.4, -0.2) is 27.7 Å². The van der Waals surface area contributed by atoms with Gasteiger partial charge in [0, 0.05) is 10.7 Å². The molecule has 0 bridgehead atoms. The molecule has 1 aromatic carbocycles. The van der Waals surface area contributed by atoms with E-state index in [0.717, 1.165) is 10.5 Å². The van der Waals surface area contributed by atoms with Gasteiger partial charge in [-0.1, -0.05) is 0 Å². The number of benzene rings is 1. The minimum absolute atomic E-state index is 0.0618. The molecule has 0 saturated carbocycles. The molecule has 122 valence electrons. The molecule has 5 nitrogen and oxygen atoms in total. The van der Waals surface area contributed by atoms with E-state index in [2.05, 4.69) is 20.9 Å². The van der Waals surface area contributed by atoms with Crippen molar-refractivity contribution in [2.75, 3.05) is 6.61 Å². The van der Waals surface area contributed by atoms with Crippen LogP contribution in [-0.2, 0) is 4.74 Å². The van der Waals surface area contributed by atoms with Crippen LogP contribution >= 0.6 is 15.9 Å². The fourth-order valence-electron chi connectivity index (χ4n) is 2.30. The molecular weight excluding hydrogens is 379 g/mol. The van der Waals surface area contributed by atoms with Gasteiger partial charge in [-0.05, 0) is 53.2 Å². The summed E-state index contributed by atoms with van der Waals surface area (Å²) in [6.07, 6.45) is 3.07. The molecule has 0 fully saturated rings. The lowest BCUT2D eigenvalue weighted by molar-refractivity contribution is 0.0525. The van der Waals surface area contributed by atoms with Crippen molar-refractivity contribution < 1.29 is 18.7 Å². The van der Waals surface area contributed by atoms with Crippen molar-refractivity contribution in [3.63, 3.8) is 0 Å². The van der Waals surface area contributed by atoms with Crippen molar-refractivity contribution in [1.82, 2.24) is 9.38 Å². The van der Waals surface area contributed by atoms with Gasteiger partial charge < -0.3 is 4.74 Å². The number of hydrogen-bond donors (Lipinski definition) is 0. The highest BCUT2D eigenvalue weighted by Gasteiger charge is 2.20. The Morgan fingerprint density at radius 2 is 2.08 bits per heavy atom. The molecule has 0 aliphatic heterocycles. The summed E-state index contributed by atoms with van der Waals surface area (Å²) in [4.78, 5) is 28.4. The first-order valence-corrected chi connectivity index (χ1v) is 7.94. The van der Waals surface area contributed by atoms with E-state index in [4.69, 9.17) is 4.74 Å². The number of halogens is 2. The molecule has 0 N–H and O–H groups in total. The molecule has 0 radical (unpaired) electrons. The van der Waals surface area contributed by atoms with Gasteiger partial charge >= 0.3 is 5.97 Å². The minimum Gasteiger partial charge on any atom is -0.462 e. The number of fused-ring (bicyclic) bond motifs is 1. The number of pyridine rings is 1. The van der Waals surface area contributed by atoms with Crippen molar-refractivity contribution in [3.8, 4) is 0 Å². The topological polar surface area (TPSA) is 60.7 Å². The first-order valence-electron chi connectivity index (χ1n) is 7.15. The van der Waals surface area contributed by atoms with Crippen LogP contribution in [0.3, 0.4) is 0 Å². The Labute approximate surface area is 145 Å². The molecule has 0 atom stereocenters. The molecule has 24 heavy (non-hydrogen) atoms. The van der Waals surface area contributed by atoms with Gasteiger partial charge in [0.2, 0.25) is 5.78 Å². The molecule has 0 spiro atoms. The molecule has 2 heterocycles. The summed E-state index contributed by atoms with van der Waals surface area (Å²) in [5.74, 6) is -1.93. The van der Waals surface area contributed by atoms with Crippen LogP contribution in [0.2, 0.25) is 0 Å². The quantitative estimate of drug-likeness (QED) is 0.503. The first kappa shape index (κ1) is 16.3. The summed E-state index contributed by atoms with van der Waals surface area (Å²) in [6.45, 7) is 1.85. The number of hydrogen-bond acceptors (Lipinski definition) is 4. The Morgan fingerprint density at radius 1 is 1.29 bits per heavy atom. The molecule has 0 aliphatic rings. The monoisotopic (exact) mass is 390 g/mol. The maximum Gasteiger partial charge on any atom is 0.338 e. The number of aromatic nitrogens is 2. The van der Waals surface area contributed by atoms with Gasteiger partial charge in [0.15, 0.2) is 0 Å². The predicted octanol–water partition coefficient (Wildman–Crippen LogP) is 3.64. The fourth-order valence-corrected chi connectivity index (χ4v) is 2.64. The number of rotatable bonds is 4. The molecule has 0 saturated heterocycles. The third-order valence-corrected chi connectivity index (χ3v) is 3.90. The highest BCUT2D eigenvalue weighted by atomic mass is 79.9. The first-order chi connectivity index (χ1) is 11.5. The van der Waals surface area contributed by atoms with Crippen LogP contribution in [0, 0.1) is 5.82 Å². The van der Waals surface area contributed by atoms with Gasteiger partial charge in [0.25, 0.3) is 0 Å². The Hall–Kier alpha value is -2.54. The summed E-state index contributed by atoms with van der Waals surface area (Å²) in [5.41, 5.74) is 0.732. The maximum absolute atomic E-state index is 14.3. The average molecular weight is 391 g/mol. The maximum atomic E-state index is 14.3. The normalized spacial score (nSPS) is 10.8. The van der Waals surface area contributed by atoms with Gasteiger partial charge in [-0.3, -0.25) is 9.20 Å². The number of ketones is 1. The van der Waals surface area contributed by atoms with Gasteiger partial charge in [0.05, 0.1) is 23.9 Å². The summed E-state index contributed by atoms with van der Waals surface area (Å²) in [5, 5.41) is 0. The van der Waals surface area contributed by atoms with Crippen molar-refractivity contribution in [3.05, 3.63) is 69.8 Å². The number of imidazole rings is 1. The van der Waals surface area contributed by atoms with Gasteiger partial charge in [-0.25, -0.2) is 14.2 Å². The van der Waals surface area contributed by atoms with E-state index in [1.54, 1.807) is 29.7 Å². The largest absolute Gasteiger partial charge is 0.462 e. The third kappa shape index (κ3) is 2.94. The SMILES string of the molecule is CCOC(=O)c1ccc(C(=O)c2cnc3ccc(Br)cn23)c(F)c1. The van der Waals surface area contributed by atoms with Gasteiger partial charge in [-0.15, -0.1) is 0 Å². The summed E-state index contributed by atoms with van der Waals surface area (Å²) in [7, 11) is 0. The van der Waals surface area contributed by atoms with Crippen LogP contribution in [0.5, 0.6) is 0 Å². The molecule has 7 heteroatoms. The number of carbonyl (C=O) groups excluding carboxylic acids is 2. The molecule has 0 amide bonds. The number of carbonyl (C=O) groups is 2. The zero-order valence-corrected chi connectivity index (χ0v) is 14.2. The van der Waals surface area contributed by atoms with E-state index in [9.17, 15) is 14.0 Å². The molecule has 3 aromatic rings. The second-order valence-electron chi connectivity index (χ2n) is 4.96. The molecular formula is C17H12BrFN2O3. The van der Waals surface area contributed by atoms with E-state index < -0.39 is 17.6 Å². The van der Waals surface area contributed by atoms with E-state index in [-0.39, 0.29) is 23.4 Å². The van der Waals surface area contributed by atoms with Crippen molar-refractivity contribution in [1.29, 1.82) is 0 Å². The molecule has 0 aliphatic carbocycles.